The van der Waals surface area contributed by atoms with E-state index in [1.807, 2.05) is 32.9 Å². The smallest absolute Gasteiger partial charge is 0.232 e. The van der Waals surface area contributed by atoms with Crippen molar-refractivity contribution in [1.29, 1.82) is 0 Å². The van der Waals surface area contributed by atoms with E-state index < -0.39 is 11.8 Å². The molecule has 4 heterocycles. The van der Waals surface area contributed by atoms with Crippen molar-refractivity contribution in [2.45, 2.75) is 89.3 Å². The Balaban J connectivity index is 1.25. The monoisotopic (exact) mass is 676 g/mol. The van der Waals surface area contributed by atoms with Crippen molar-refractivity contribution in [1.82, 2.24) is 14.7 Å². The van der Waals surface area contributed by atoms with Gasteiger partial charge < -0.3 is 20.0 Å². The summed E-state index contributed by atoms with van der Waals surface area (Å²) in [6.07, 6.45) is 5.41. The average molecular weight is 678 g/mol. The van der Waals surface area contributed by atoms with Gasteiger partial charge in [0.05, 0.1) is 17.5 Å². The van der Waals surface area contributed by atoms with E-state index in [-0.39, 0.29) is 47.5 Å². The van der Waals surface area contributed by atoms with Crippen LogP contribution >= 0.6 is 15.9 Å². The third kappa shape index (κ3) is 6.05. The van der Waals surface area contributed by atoms with Crippen LogP contribution < -0.4 is 5.32 Å². The zero-order chi connectivity index (χ0) is 31.8. The SMILES string of the molecule is CCC(CC(CC(C)N1CCCC1=O)N1CCC(C2C(=O)Nc3c(C(=O)c4ccc(Br)cc4)cccc32)C1=O)N1CCCC1=O. The molecule has 4 aliphatic rings. The number of carbonyl (C=O) groups is 5. The summed E-state index contributed by atoms with van der Waals surface area (Å²) in [5, 5.41) is 2.95. The standard InChI is InChI=1S/C35H41BrN4O5/c1-3-24(39-17-6-10-30(39)42)20-25(19-21(2)38-16-5-9-29(38)41)40-18-15-27(35(40)45)31-26-7-4-8-28(32(26)37-34(31)44)33(43)22-11-13-23(36)14-12-22/h4,7-8,11-14,21,24-25,27,31H,3,5-6,9-10,15-20H2,1-2H3,(H,37,44). The molecule has 0 aromatic heterocycles. The molecule has 238 valence electrons. The van der Waals surface area contributed by atoms with Gasteiger partial charge in [-0.25, -0.2) is 0 Å². The Hall–Kier alpha value is -3.53. The van der Waals surface area contributed by atoms with Crippen molar-refractivity contribution in [3.8, 4) is 0 Å². The van der Waals surface area contributed by atoms with Crippen LogP contribution in [0.1, 0.15) is 92.6 Å². The molecule has 10 heteroatoms. The number of halogens is 1. The van der Waals surface area contributed by atoms with Gasteiger partial charge in [-0.1, -0.05) is 35.0 Å². The largest absolute Gasteiger partial charge is 0.340 e. The van der Waals surface area contributed by atoms with E-state index in [0.29, 0.717) is 61.0 Å². The van der Waals surface area contributed by atoms with Gasteiger partial charge in [-0.15, -0.1) is 0 Å². The molecular weight excluding hydrogens is 636 g/mol. The van der Waals surface area contributed by atoms with Crippen LogP contribution in [0, 0.1) is 5.92 Å². The van der Waals surface area contributed by atoms with Gasteiger partial charge in [0.25, 0.3) is 0 Å². The van der Waals surface area contributed by atoms with Crippen molar-refractivity contribution in [3.63, 3.8) is 0 Å². The van der Waals surface area contributed by atoms with E-state index in [4.69, 9.17) is 0 Å². The maximum atomic E-state index is 14.3. The first-order valence-electron chi connectivity index (χ1n) is 16.3. The van der Waals surface area contributed by atoms with Gasteiger partial charge >= 0.3 is 0 Å². The fourth-order valence-corrected chi connectivity index (χ4v) is 8.21. The number of amides is 4. The summed E-state index contributed by atoms with van der Waals surface area (Å²) in [4.78, 5) is 72.4. The second-order valence-corrected chi connectivity index (χ2v) is 13.8. The van der Waals surface area contributed by atoms with Crippen LogP contribution in [0.25, 0.3) is 0 Å². The molecule has 0 spiro atoms. The van der Waals surface area contributed by atoms with E-state index in [1.54, 1.807) is 24.3 Å². The molecule has 2 aromatic carbocycles. The predicted octanol–water partition coefficient (Wildman–Crippen LogP) is 5.13. The molecule has 5 atom stereocenters. The van der Waals surface area contributed by atoms with Gasteiger partial charge in [-0.2, -0.15) is 0 Å². The summed E-state index contributed by atoms with van der Waals surface area (Å²) in [5.74, 6) is -1.43. The second-order valence-electron chi connectivity index (χ2n) is 12.9. The summed E-state index contributed by atoms with van der Waals surface area (Å²) in [5.41, 5.74) is 2.10. The van der Waals surface area contributed by atoms with Crippen molar-refractivity contribution >= 4 is 51.0 Å². The van der Waals surface area contributed by atoms with Crippen LogP contribution in [0.3, 0.4) is 0 Å². The van der Waals surface area contributed by atoms with E-state index in [1.165, 1.54) is 0 Å². The van der Waals surface area contributed by atoms with Crippen LogP contribution in [-0.2, 0) is 19.2 Å². The molecule has 6 rings (SSSR count). The Labute approximate surface area is 272 Å². The first-order valence-corrected chi connectivity index (χ1v) is 17.1. The molecule has 2 aromatic rings. The maximum Gasteiger partial charge on any atom is 0.232 e. The molecule has 0 saturated carbocycles. The minimum Gasteiger partial charge on any atom is -0.340 e. The highest BCUT2D eigenvalue weighted by Crippen LogP contribution is 2.44. The van der Waals surface area contributed by atoms with Gasteiger partial charge in [-0.05, 0) is 81.3 Å². The Morgan fingerprint density at radius 3 is 2.22 bits per heavy atom. The number of hydrogen-bond donors (Lipinski definition) is 1. The number of anilines is 1. The lowest BCUT2D eigenvalue weighted by atomic mass is 9.84. The van der Waals surface area contributed by atoms with Gasteiger partial charge in [0.1, 0.15) is 0 Å². The molecule has 4 amide bonds. The van der Waals surface area contributed by atoms with E-state index in [0.717, 1.165) is 36.8 Å². The molecule has 3 fully saturated rings. The Kier molecular flexibility index (Phi) is 9.13. The second kappa shape index (κ2) is 13.1. The molecule has 1 N–H and O–H groups in total. The number of nitrogens with zero attached hydrogens (tertiary/aromatic N) is 3. The van der Waals surface area contributed by atoms with Gasteiger partial charge in [0.15, 0.2) is 5.78 Å². The van der Waals surface area contributed by atoms with E-state index in [2.05, 4.69) is 35.1 Å². The van der Waals surface area contributed by atoms with Crippen LogP contribution in [0.2, 0.25) is 0 Å². The zero-order valence-corrected chi connectivity index (χ0v) is 27.6. The maximum absolute atomic E-state index is 14.3. The molecule has 4 aliphatic heterocycles. The number of benzene rings is 2. The summed E-state index contributed by atoms with van der Waals surface area (Å²) >= 11 is 3.40. The number of nitrogens with one attached hydrogen (secondary N) is 1. The third-order valence-electron chi connectivity index (χ3n) is 10.3. The number of para-hydroxylation sites is 1. The first-order chi connectivity index (χ1) is 21.7. The van der Waals surface area contributed by atoms with Gasteiger partial charge in [-0.3, -0.25) is 24.0 Å². The van der Waals surface area contributed by atoms with Crippen LogP contribution in [0.15, 0.2) is 46.9 Å². The highest BCUT2D eigenvalue weighted by atomic mass is 79.9. The minimum absolute atomic E-state index is 0.0148. The highest BCUT2D eigenvalue weighted by molar-refractivity contribution is 9.10. The van der Waals surface area contributed by atoms with E-state index >= 15 is 0 Å². The number of ketones is 1. The highest BCUT2D eigenvalue weighted by Gasteiger charge is 2.48. The van der Waals surface area contributed by atoms with Crippen LogP contribution in [0.4, 0.5) is 5.69 Å². The first kappa shape index (κ1) is 31.5. The molecule has 45 heavy (non-hydrogen) atoms. The van der Waals surface area contributed by atoms with Crippen LogP contribution in [0.5, 0.6) is 0 Å². The molecular formula is C35H41BrN4O5. The Morgan fingerprint density at radius 1 is 0.889 bits per heavy atom. The molecule has 0 aliphatic carbocycles. The number of hydrogen-bond acceptors (Lipinski definition) is 5. The summed E-state index contributed by atoms with van der Waals surface area (Å²) < 4.78 is 0.868. The number of likely N-dealkylation sites (tertiary alicyclic amines) is 3. The quantitative estimate of drug-likeness (QED) is 0.333. The van der Waals surface area contributed by atoms with Gasteiger partial charge in [0.2, 0.25) is 23.6 Å². The lowest BCUT2D eigenvalue weighted by Crippen LogP contribution is -2.48. The van der Waals surface area contributed by atoms with E-state index in [9.17, 15) is 24.0 Å². The fourth-order valence-electron chi connectivity index (χ4n) is 7.94. The van der Waals surface area contributed by atoms with Crippen molar-refractivity contribution in [2.75, 3.05) is 25.0 Å². The molecule has 9 nitrogen and oxygen atoms in total. The number of fused-ring (bicyclic) bond motifs is 1. The molecule has 5 unspecified atom stereocenters. The molecule has 3 saturated heterocycles. The average Bonchev–Trinajstić information content (AvgIpc) is 3.81. The minimum atomic E-state index is -0.685. The number of rotatable bonds is 11. The Bertz CT molecular complexity index is 1510. The third-order valence-corrected chi connectivity index (χ3v) is 10.8. The topological polar surface area (TPSA) is 107 Å². The van der Waals surface area contributed by atoms with Gasteiger partial charge in [0, 0.05) is 66.2 Å². The lowest BCUT2D eigenvalue weighted by Gasteiger charge is -2.38. The lowest BCUT2D eigenvalue weighted by molar-refractivity contribution is -0.136. The normalized spacial score (nSPS) is 23.5. The molecule has 0 radical (unpaired) electrons. The van der Waals surface area contributed by atoms with Crippen molar-refractivity contribution in [2.24, 2.45) is 5.92 Å². The summed E-state index contributed by atoms with van der Waals surface area (Å²) in [6, 6.07) is 12.3. The summed E-state index contributed by atoms with van der Waals surface area (Å²) in [6.45, 7) is 6.12. The van der Waals surface area contributed by atoms with Crippen LogP contribution in [-0.4, -0.2) is 81.9 Å². The summed E-state index contributed by atoms with van der Waals surface area (Å²) in [7, 11) is 0. The number of carbonyl (C=O) groups excluding carboxylic acids is 5. The predicted molar refractivity (Wildman–Crippen MR) is 174 cm³/mol. The van der Waals surface area contributed by atoms with Crippen molar-refractivity contribution in [3.05, 3.63) is 63.6 Å². The van der Waals surface area contributed by atoms with Crippen molar-refractivity contribution < 1.29 is 24.0 Å². The molecule has 0 bridgehead atoms. The zero-order valence-electron chi connectivity index (χ0n) is 26.0. The fraction of sp³-hybridized carbons (Fsp3) is 0.514. The Morgan fingerprint density at radius 2 is 1.58 bits per heavy atom.